The molecule has 0 spiro atoms. The fourth-order valence-corrected chi connectivity index (χ4v) is 2.97. The molecule has 1 aliphatic rings. The van der Waals surface area contributed by atoms with Gasteiger partial charge in [-0.1, -0.05) is 13.8 Å². The zero-order valence-corrected chi connectivity index (χ0v) is 14.7. The lowest BCUT2D eigenvalue weighted by atomic mass is 10.1. The lowest BCUT2D eigenvalue weighted by molar-refractivity contribution is -0.143. The predicted octanol–water partition coefficient (Wildman–Crippen LogP) is 3.37. The SMILES string of the molecule is CC1(C)CC1CNC(=O)c1ccc(-n2ncc(C(=O)O)c2C(F)(F)F)cc1. The van der Waals surface area contributed by atoms with Crippen molar-refractivity contribution in [3.05, 3.63) is 47.3 Å². The van der Waals surface area contributed by atoms with Gasteiger partial charge in [0.2, 0.25) is 0 Å². The summed E-state index contributed by atoms with van der Waals surface area (Å²) >= 11 is 0. The van der Waals surface area contributed by atoms with Gasteiger partial charge < -0.3 is 10.4 Å². The molecule has 0 bridgehead atoms. The van der Waals surface area contributed by atoms with E-state index in [1.807, 2.05) is 0 Å². The fourth-order valence-electron chi connectivity index (χ4n) is 2.97. The van der Waals surface area contributed by atoms with E-state index in [9.17, 15) is 22.8 Å². The number of carbonyl (C=O) groups excluding carboxylic acids is 1. The highest BCUT2D eigenvalue weighted by molar-refractivity contribution is 5.94. The first-order valence-electron chi connectivity index (χ1n) is 8.28. The fraction of sp³-hybridized carbons (Fsp3) is 0.389. The van der Waals surface area contributed by atoms with Crippen LogP contribution in [0.3, 0.4) is 0 Å². The summed E-state index contributed by atoms with van der Waals surface area (Å²) < 4.78 is 40.3. The summed E-state index contributed by atoms with van der Waals surface area (Å²) in [6.07, 6.45) is -3.20. The lowest BCUT2D eigenvalue weighted by Gasteiger charge is -2.12. The van der Waals surface area contributed by atoms with Crippen molar-refractivity contribution in [2.24, 2.45) is 11.3 Å². The van der Waals surface area contributed by atoms with Crippen molar-refractivity contribution in [2.75, 3.05) is 6.54 Å². The third-order valence-electron chi connectivity index (χ3n) is 4.87. The van der Waals surface area contributed by atoms with E-state index in [2.05, 4.69) is 24.3 Å². The van der Waals surface area contributed by atoms with Crippen LogP contribution in [0.15, 0.2) is 30.5 Å². The van der Waals surface area contributed by atoms with Gasteiger partial charge in [-0.3, -0.25) is 4.79 Å². The zero-order chi connectivity index (χ0) is 20.0. The third-order valence-corrected chi connectivity index (χ3v) is 4.87. The number of benzene rings is 1. The minimum absolute atomic E-state index is 0.00898. The molecule has 6 nitrogen and oxygen atoms in total. The number of hydrogen-bond donors (Lipinski definition) is 2. The quantitative estimate of drug-likeness (QED) is 0.832. The second-order valence-electron chi connectivity index (χ2n) is 7.27. The number of aromatic carboxylic acids is 1. The minimum atomic E-state index is -4.89. The van der Waals surface area contributed by atoms with Gasteiger partial charge in [-0.2, -0.15) is 18.3 Å². The van der Waals surface area contributed by atoms with Crippen molar-refractivity contribution in [3.63, 3.8) is 0 Å². The molecule has 1 heterocycles. The summed E-state index contributed by atoms with van der Waals surface area (Å²) in [6.45, 7) is 4.78. The van der Waals surface area contributed by atoms with Crippen molar-refractivity contribution >= 4 is 11.9 Å². The van der Waals surface area contributed by atoms with Crippen LogP contribution in [0.25, 0.3) is 5.69 Å². The molecule has 1 saturated carbocycles. The first-order valence-corrected chi connectivity index (χ1v) is 8.28. The van der Waals surface area contributed by atoms with Gasteiger partial charge >= 0.3 is 12.1 Å². The molecule has 144 valence electrons. The van der Waals surface area contributed by atoms with Crippen LogP contribution in [0, 0.1) is 11.3 Å². The van der Waals surface area contributed by atoms with Crippen LogP contribution >= 0.6 is 0 Å². The Morgan fingerprint density at radius 1 is 1.30 bits per heavy atom. The molecule has 1 aromatic heterocycles. The van der Waals surface area contributed by atoms with E-state index in [0.29, 0.717) is 28.9 Å². The number of carboxylic acid groups (broad SMARTS) is 1. The molecular weight excluding hydrogens is 363 g/mol. The maximum Gasteiger partial charge on any atom is 0.434 e. The van der Waals surface area contributed by atoms with Gasteiger partial charge in [-0.15, -0.1) is 0 Å². The molecule has 0 radical (unpaired) electrons. The summed E-state index contributed by atoms with van der Waals surface area (Å²) in [5.74, 6) is -1.60. The zero-order valence-electron chi connectivity index (χ0n) is 14.7. The minimum Gasteiger partial charge on any atom is -0.478 e. The van der Waals surface area contributed by atoms with E-state index in [1.54, 1.807) is 0 Å². The Balaban J connectivity index is 1.80. The Bertz CT molecular complexity index is 885. The number of halogens is 3. The largest absolute Gasteiger partial charge is 0.478 e. The van der Waals surface area contributed by atoms with E-state index < -0.39 is 23.4 Å². The maximum absolute atomic E-state index is 13.3. The summed E-state index contributed by atoms with van der Waals surface area (Å²) in [7, 11) is 0. The van der Waals surface area contributed by atoms with E-state index in [4.69, 9.17) is 5.11 Å². The van der Waals surface area contributed by atoms with Gasteiger partial charge in [-0.25, -0.2) is 9.48 Å². The summed E-state index contributed by atoms with van der Waals surface area (Å²) in [4.78, 5) is 23.2. The Labute approximate surface area is 153 Å². The van der Waals surface area contributed by atoms with Gasteiger partial charge in [0.15, 0.2) is 5.69 Å². The van der Waals surface area contributed by atoms with Crippen molar-refractivity contribution in [3.8, 4) is 5.69 Å². The van der Waals surface area contributed by atoms with Crippen LogP contribution in [0.4, 0.5) is 13.2 Å². The first-order chi connectivity index (χ1) is 12.5. The Kier molecular flexibility index (Phi) is 4.49. The van der Waals surface area contributed by atoms with Crippen molar-refractivity contribution in [2.45, 2.75) is 26.4 Å². The molecule has 3 rings (SSSR count). The molecule has 1 fully saturated rings. The summed E-state index contributed by atoms with van der Waals surface area (Å²) in [5.41, 5.74) is -1.77. The monoisotopic (exact) mass is 381 g/mol. The summed E-state index contributed by atoms with van der Waals surface area (Å²) in [6, 6.07) is 5.35. The maximum atomic E-state index is 13.3. The highest BCUT2D eigenvalue weighted by atomic mass is 19.4. The number of carbonyl (C=O) groups is 2. The topological polar surface area (TPSA) is 84.2 Å². The van der Waals surface area contributed by atoms with E-state index >= 15 is 0 Å². The van der Waals surface area contributed by atoms with Crippen molar-refractivity contribution < 1.29 is 27.9 Å². The molecular formula is C18H18F3N3O3. The number of alkyl halides is 3. The number of amides is 1. The van der Waals surface area contributed by atoms with Gasteiger partial charge in [0.05, 0.1) is 11.9 Å². The average Bonchev–Trinajstić information content (AvgIpc) is 2.99. The molecule has 1 aromatic carbocycles. The second-order valence-corrected chi connectivity index (χ2v) is 7.27. The van der Waals surface area contributed by atoms with Crippen LogP contribution in [0.5, 0.6) is 0 Å². The molecule has 0 saturated heterocycles. The van der Waals surface area contributed by atoms with Crippen LogP contribution in [-0.2, 0) is 6.18 Å². The molecule has 2 N–H and O–H groups in total. The average molecular weight is 381 g/mol. The summed E-state index contributed by atoms with van der Waals surface area (Å²) in [5, 5.41) is 15.3. The molecule has 2 aromatic rings. The Morgan fingerprint density at radius 3 is 2.37 bits per heavy atom. The molecule has 1 atom stereocenters. The molecule has 9 heteroatoms. The van der Waals surface area contributed by atoms with Gasteiger partial charge in [0.25, 0.3) is 5.91 Å². The van der Waals surface area contributed by atoms with E-state index in [-0.39, 0.29) is 17.0 Å². The third kappa shape index (κ3) is 3.81. The number of rotatable bonds is 5. The van der Waals surface area contributed by atoms with Crippen LogP contribution in [0.2, 0.25) is 0 Å². The lowest BCUT2D eigenvalue weighted by Crippen LogP contribution is -2.26. The van der Waals surface area contributed by atoms with Gasteiger partial charge in [-0.05, 0) is 42.0 Å². The number of nitrogens with zero attached hydrogens (tertiary/aromatic N) is 2. The molecule has 1 aliphatic carbocycles. The van der Waals surface area contributed by atoms with Crippen molar-refractivity contribution in [1.29, 1.82) is 0 Å². The Hall–Kier alpha value is -2.84. The predicted molar refractivity (Wildman–Crippen MR) is 89.7 cm³/mol. The van der Waals surface area contributed by atoms with Crippen LogP contribution in [-0.4, -0.2) is 33.3 Å². The number of carboxylic acids is 1. The van der Waals surface area contributed by atoms with Crippen LogP contribution < -0.4 is 5.32 Å². The van der Waals surface area contributed by atoms with Crippen molar-refractivity contribution in [1.82, 2.24) is 15.1 Å². The normalized spacial score (nSPS) is 18.2. The standard InChI is InChI=1S/C18H18F3N3O3/c1-17(2)7-11(17)8-22-15(25)10-3-5-12(6-4-10)24-14(18(19,20)21)13(9-23-24)16(26)27/h3-6,9,11H,7-8H2,1-2H3,(H,22,25)(H,26,27). The molecule has 27 heavy (non-hydrogen) atoms. The molecule has 0 aliphatic heterocycles. The van der Waals surface area contributed by atoms with E-state index in [1.165, 1.54) is 24.3 Å². The highest BCUT2D eigenvalue weighted by Gasteiger charge is 2.45. The highest BCUT2D eigenvalue weighted by Crippen LogP contribution is 2.51. The number of aromatic nitrogens is 2. The van der Waals surface area contributed by atoms with Crippen LogP contribution in [0.1, 0.15) is 46.7 Å². The van der Waals surface area contributed by atoms with E-state index in [0.717, 1.165) is 6.42 Å². The van der Waals surface area contributed by atoms with Gasteiger partial charge in [0, 0.05) is 12.1 Å². The smallest absolute Gasteiger partial charge is 0.434 e. The Morgan fingerprint density at radius 2 is 1.89 bits per heavy atom. The molecule has 1 unspecified atom stereocenters. The molecule has 1 amide bonds. The number of nitrogens with one attached hydrogen (secondary N) is 1. The number of hydrogen-bond acceptors (Lipinski definition) is 3. The van der Waals surface area contributed by atoms with Gasteiger partial charge in [0.1, 0.15) is 5.56 Å². The second kappa shape index (κ2) is 6.40. The first kappa shape index (κ1) is 18.9.